The van der Waals surface area contributed by atoms with Crippen molar-refractivity contribution in [1.82, 2.24) is 9.97 Å². The molecular weight excluding hydrogens is 425 g/mol. The summed E-state index contributed by atoms with van der Waals surface area (Å²) in [5, 5.41) is 0. The van der Waals surface area contributed by atoms with E-state index >= 15 is 0 Å². The molecule has 3 atom stereocenters. The van der Waals surface area contributed by atoms with Crippen LogP contribution in [0.5, 0.6) is 0 Å². The van der Waals surface area contributed by atoms with Gasteiger partial charge in [-0.3, -0.25) is 0 Å². The van der Waals surface area contributed by atoms with Gasteiger partial charge in [0.05, 0.1) is 11.9 Å². The van der Waals surface area contributed by atoms with Gasteiger partial charge in [0, 0.05) is 23.7 Å². The summed E-state index contributed by atoms with van der Waals surface area (Å²) in [6.45, 7) is 6.19. The highest BCUT2D eigenvalue weighted by molar-refractivity contribution is 5.85. The molecule has 0 N–H and O–H groups in total. The molecule has 0 fully saturated rings. The Bertz CT molecular complexity index is 1160. The lowest BCUT2D eigenvalue weighted by Crippen LogP contribution is -2.48. The zero-order chi connectivity index (χ0) is 23.2. The number of benzene rings is 2. The zero-order valence-electron chi connectivity index (χ0n) is 18.3. The van der Waals surface area contributed by atoms with E-state index in [1.165, 1.54) is 11.8 Å². The van der Waals surface area contributed by atoms with Crippen LogP contribution in [-0.4, -0.2) is 22.3 Å². The highest BCUT2D eigenvalue weighted by Gasteiger charge is 2.49. The Morgan fingerprint density at radius 3 is 2.45 bits per heavy atom. The van der Waals surface area contributed by atoms with Crippen molar-refractivity contribution in [2.24, 2.45) is 5.92 Å². The van der Waals surface area contributed by atoms with E-state index in [9.17, 15) is 13.2 Å². The van der Waals surface area contributed by atoms with Crippen LogP contribution in [0.15, 0.2) is 73.4 Å². The first-order chi connectivity index (χ1) is 15.9. The van der Waals surface area contributed by atoms with Crippen LogP contribution in [0.4, 0.5) is 36.2 Å². The lowest BCUT2D eigenvalue weighted by atomic mass is 9.78. The van der Waals surface area contributed by atoms with Crippen LogP contribution in [-0.2, 0) is 6.42 Å². The standard InChI is InChI=1S/C26H25F3N4/c1-3-9-20-17(2)25-32(19-10-5-4-6-11-19)23-24(33(25)22-13-8-7-12-21(20)22)31-18(16-30-23)14-15-26(27,28)29/h3-8,10-13,16-17,20,25H,1,9,14-15H2,2H3. The van der Waals surface area contributed by atoms with Gasteiger partial charge in [-0.25, -0.2) is 9.97 Å². The summed E-state index contributed by atoms with van der Waals surface area (Å²) >= 11 is 0. The average molecular weight is 451 g/mol. The van der Waals surface area contributed by atoms with Crippen molar-refractivity contribution in [3.8, 4) is 0 Å². The van der Waals surface area contributed by atoms with Crippen LogP contribution >= 0.6 is 0 Å². The molecule has 0 aliphatic carbocycles. The van der Waals surface area contributed by atoms with Crippen molar-refractivity contribution in [3.05, 3.63) is 84.7 Å². The second-order valence-electron chi connectivity index (χ2n) is 8.66. The minimum absolute atomic E-state index is 0.0971. The highest BCUT2D eigenvalue weighted by atomic mass is 19.4. The molecule has 33 heavy (non-hydrogen) atoms. The topological polar surface area (TPSA) is 32.3 Å². The number of allylic oxidation sites excluding steroid dienone is 1. The van der Waals surface area contributed by atoms with E-state index in [1.54, 1.807) is 0 Å². The molecule has 0 spiro atoms. The van der Waals surface area contributed by atoms with Crippen molar-refractivity contribution in [1.29, 1.82) is 0 Å². The molecule has 0 bridgehead atoms. The predicted octanol–water partition coefficient (Wildman–Crippen LogP) is 6.90. The molecule has 0 saturated heterocycles. The minimum atomic E-state index is -4.23. The van der Waals surface area contributed by atoms with Crippen LogP contribution < -0.4 is 9.80 Å². The molecule has 3 unspecified atom stereocenters. The van der Waals surface area contributed by atoms with E-state index in [1.807, 2.05) is 48.5 Å². The Morgan fingerprint density at radius 1 is 1.00 bits per heavy atom. The van der Waals surface area contributed by atoms with E-state index in [0.717, 1.165) is 17.8 Å². The lowest BCUT2D eigenvalue weighted by molar-refractivity contribution is -0.134. The van der Waals surface area contributed by atoms with E-state index in [0.29, 0.717) is 17.3 Å². The quantitative estimate of drug-likeness (QED) is 0.396. The Balaban J connectivity index is 1.67. The average Bonchev–Trinajstić information content (AvgIpc) is 3.15. The first kappa shape index (κ1) is 21.5. The number of rotatable bonds is 5. The molecule has 2 aliphatic heterocycles. The summed E-state index contributed by atoms with van der Waals surface area (Å²) in [5.41, 5.74) is 3.55. The summed E-state index contributed by atoms with van der Waals surface area (Å²) in [4.78, 5) is 13.7. The summed E-state index contributed by atoms with van der Waals surface area (Å²) in [7, 11) is 0. The number of anilines is 4. The fraction of sp³-hybridized carbons (Fsp3) is 0.308. The van der Waals surface area contributed by atoms with Gasteiger partial charge < -0.3 is 9.80 Å². The van der Waals surface area contributed by atoms with Gasteiger partial charge in [0.15, 0.2) is 11.6 Å². The van der Waals surface area contributed by atoms with Crippen LogP contribution in [0.2, 0.25) is 0 Å². The largest absolute Gasteiger partial charge is 0.389 e. The number of para-hydroxylation sites is 2. The molecule has 5 rings (SSSR count). The summed E-state index contributed by atoms with van der Waals surface area (Å²) in [6.07, 6.45) is -1.17. The smallest absolute Gasteiger partial charge is 0.302 e. The maximum atomic E-state index is 12.9. The van der Waals surface area contributed by atoms with Crippen LogP contribution in [0.1, 0.15) is 36.9 Å². The van der Waals surface area contributed by atoms with Crippen molar-refractivity contribution in [2.75, 3.05) is 9.80 Å². The Morgan fingerprint density at radius 2 is 1.73 bits per heavy atom. The molecule has 170 valence electrons. The van der Waals surface area contributed by atoms with Gasteiger partial charge in [0.2, 0.25) is 0 Å². The maximum absolute atomic E-state index is 12.9. The van der Waals surface area contributed by atoms with Gasteiger partial charge in [-0.15, -0.1) is 6.58 Å². The third-order valence-electron chi connectivity index (χ3n) is 6.59. The number of hydrogen-bond acceptors (Lipinski definition) is 4. The maximum Gasteiger partial charge on any atom is 0.389 e. The fourth-order valence-electron chi connectivity index (χ4n) is 5.12. The molecule has 0 radical (unpaired) electrons. The van der Waals surface area contributed by atoms with Crippen molar-refractivity contribution in [2.45, 2.75) is 44.4 Å². The molecule has 0 saturated carbocycles. The fourth-order valence-corrected chi connectivity index (χ4v) is 5.12. The zero-order valence-corrected chi connectivity index (χ0v) is 18.3. The van der Waals surface area contributed by atoms with E-state index in [-0.39, 0.29) is 24.4 Å². The second kappa shape index (κ2) is 8.21. The van der Waals surface area contributed by atoms with E-state index in [4.69, 9.17) is 4.98 Å². The number of hydrogen-bond donors (Lipinski definition) is 0. The molecule has 2 aliphatic rings. The summed E-state index contributed by atoms with van der Waals surface area (Å²) < 4.78 is 38.6. The van der Waals surface area contributed by atoms with Crippen molar-refractivity contribution < 1.29 is 13.2 Å². The van der Waals surface area contributed by atoms with Crippen LogP contribution in [0.25, 0.3) is 0 Å². The van der Waals surface area contributed by atoms with Gasteiger partial charge in [0.25, 0.3) is 0 Å². The third kappa shape index (κ3) is 3.75. The van der Waals surface area contributed by atoms with Crippen molar-refractivity contribution in [3.63, 3.8) is 0 Å². The second-order valence-corrected chi connectivity index (χ2v) is 8.66. The predicted molar refractivity (Wildman–Crippen MR) is 124 cm³/mol. The van der Waals surface area contributed by atoms with Crippen molar-refractivity contribution >= 4 is 23.0 Å². The number of halogens is 3. The van der Waals surface area contributed by atoms with Gasteiger partial charge in [-0.1, -0.05) is 49.4 Å². The summed E-state index contributed by atoms with van der Waals surface area (Å²) in [5.74, 6) is 1.72. The van der Waals surface area contributed by atoms with Crippen LogP contribution in [0, 0.1) is 5.92 Å². The molecule has 3 aromatic rings. The molecule has 1 aromatic heterocycles. The Labute approximate surface area is 191 Å². The number of alkyl halides is 3. The monoisotopic (exact) mass is 450 g/mol. The number of aromatic nitrogens is 2. The molecule has 3 heterocycles. The minimum Gasteiger partial charge on any atom is -0.302 e. The number of nitrogens with zero attached hydrogens (tertiary/aromatic N) is 4. The molecular formula is C26H25F3N4. The van der Waals surface area contributed by atoms with E-state index in [2.05, 4.69) is 40.4 Å². The van der Waals surface area contributed by atoms with Crippen LogP contribution in [0.3, 0.4) is 0 Å². The molecule has 2 aromatic carbocycles. The van der Waals surface area contributed by atoms with Gasteiger partial charge >= 0.3 is 6.18 Å². The highest BCUT2D eigenvalue weighted by Crippen LogP contribution is 2.55. The Hall–Kier alpha value is -3.35. The number of fused-ring (bicyclic) bond motifs is 5. The van der Waals surface area contributed by atoms with Gasteiger partial charge in [-0.2, -0.15) is 13.2 Å². The normalized spacial score (nSPS) is 21.4. The summed E-state index contributed by atoms with van der Waals surface area (Å²) in [6, 6.07) is 18.2. The molecule has 4 nitrogen and oxygen atoms in total. The molecule has 0 amide bonds. The number of aryl methyl sites for hydroxylation is 1. The first-order valence-electron chi connectivity index (χ1n) is 11.1. The van der Waals surface area contributed by atoms with Gasteiger partial charge in [0.1, 0.15) is 6.17 Å². The Kier molecular flexibility index (Phi) is 5.35. The first-order valence-corrected chi connectivity index (χ1v) is 11.1. The van der Waals surface area contributed by atoms with Gasteiger partial charge in [-0.05, 0) is 42.5 Å². The SMILES string of the molecule is C=CCC1c2ccccc2N2c3nc(CCC(F)(F)F)cnc3N(c3ccccc3)C2C1C. The lowest BCUT2D eigenvalue weighted by Gasteiger charge is -2.45. The third-order valence-corrected chi connectivity index (χ3v) is 6.59. The molecule has 7 heteroatoms. The van der Waals surface area contributed by atoms with E-state index < -0.39 is 12.6 Å².